The molecule has 0 aromatic carbocycles. The van der Waals surface area contributed by atoms with Crippen LogP contribution in [0.4, 0.5) is 8.78 Å². The lowest BCUT2D eigenvalue weighted by Gasteiger charge is -2.37. The first-order valence-corrected chi connectivity index (χ1v) is 4.67. The fourth-order valence-corrected chi connectivity index (χ4v) is 1.89. The van der Waals surface area contributed by atoms with Crippen LogP contribution in [-0.2, 0) is 0 Å². The highest BCUT2D eigenvalue weighted by Crippen LogP contribution is 2.23. The van der Waals surface area contributed by atoms with E-state index >= 15 is 0 Å². The Morgan fingerprint density at radius 3 is 2.33 bits per heavy atom. The minimum atomic E-state index is -2.17. The van der Waals surface area contributed by atoms with E-state index in [2.05, 4.69) is 0 Å². The molecule has 0 amide bonds. The second-order valence-corrected chi connectivity index (χ2v) is 3.73. The molecule has 1 heterocycles. The molecular formula is C9H17F2N. The van der Waals surface area contributed by atoms with E-state index in [9.17, 15) is 8.78 Å². The smallest absolute Gasteiger partial charge is 0.253 e. The quantitative estimate of drug-likeness (QED) is 0.626. The molecular weight excluding hydrogens is 160 g/mol. The summed E-state index contributed by atoms with van der Waals surface area (Å²) in [6.45, 7) is 4.81. The normalized spacial score (nSPS) is 27.0. The topological polar surface area (TPSA) is 3.24 Å². The molecule has 0 bridgehead atoms. The van der Waals surface area contributed by atoms with E-state index in [0.29, 0.717) is 6.42 Å². The second kappa shape index (κ2) is 4.17. The van der Waals surface area contributed by atoms with Crippen LogP contribution in [0.3, 0.4) is 0 Å². The van der Waals surface area contributed by atoms with Gasteiger partial charge in [-0.3, -0.25) is 4.90 Å². The molecule has 1 rings (SSSR count). The second-order valence-electron chi connectivity index (χ2n) is 3.73. The zero-order valence-electron chi connectivity index (χ0n) is 7.76. The van der Waals surface area contributed by atoms with Gasteiger partial charge in [0.05, 0.1) is 6.04 Å². The number of rotatable bonds is 2. The van der Waals surface area contributed by atoms with E-state index in [4.69, 9.17) is 0 Å². The third-order valence-corrected chi connectivity index (χ3v) is 2.55. The Kier molecular flexibility index (Phi) is 3.44. The summed E-state index contributed by atoms with van der Waals surface area (Å²) in [5.41, 5.74) is 0. The molecule has 0 radical (unpaired) electrons. The molecule has 72 valence electrons. The molecule has 1 unspecified atom stereocenters. The fraction of sp³-hybridized carbons (Fsp3) is 1.00. The van der Waals surface area contributed by atoms with E-state index in [0.717, 1.165) is 19.4 Å². The van der Waals surface area contributed by atoms with Crippen molar-refractivity contribution in [2.75, 3.05) is 6.54 Å². The summed E-state index contributed by atoms with van der Waals surface area (Å²) in [5, 5.41) is 0. The molecule has 0 aliphatic carbocycles. The SMILES string of the molecule is CC(C)N1CCCCC1C(F)F. The van der Waals surface area contributed by atoms with Gasteiger partial charge in [-0.15, -0.1) is 0 Å². The van der Waals surface area contributed by atoms with Crippen LogP contribution in [0.15, 0.2) is 0 Å². The maximum atomic E-state index is 12.5. The molecule has 1 fully saturated rings. The zero-order valence-corrected chi connectivity index (χ0v) is 7.76. The van der Waals surface area contributed by atoms with Gasteiger partial charge in [-0.25, -0.2) is 8.78 Å². The van der Waals surface area contributed by atoms with Gasteiger partial charge in [0, 0.05) is 6.04 Å². The highest BCUT2D eigenvalue weighted by molar-refractivity contribution is 4.80. The van der Waals surface area contributed by atoms with Crippen molar-refractivity contribution in [1.29, 1.82) is 0 Å². The summed E-state index contributed by atoms with van der Waals surface area (Å²) < 4.78 is 25.0. The molecule has 1 nitrogen and oxygen atoms in total. The van der Waals surface area contributed by atoms with Crippen molar-refractivity contribution < 1.29 is 8.78 Å². The summed E-state index contributed by atoms with van der Waals surface area (Å²) in [4.78, 5) is 1.92. The number of alkyl halides is 2. The summed E-state index contributed by atoms with van der Waals surface area (Å²) >= 11 is 0. The summed E-state index contributed by atoms with van der Waals surface area (Å²) in [7, 11) is 0. The molecule has 1 atom stereocenters. The van der Waals surface area contributed by atoms with Crippen LogP contribution in [0, 0.1) is 0 Å². The Morgan fingerprint density at radius 1 is 1.25 bits per heavy atom. The average molecular weight is 177 g/mol. The minimum Gasteiger partial charge on any atom is -0.293 e. The number of likely N-dealkylation sites (tertiary alicyclic amines) is 1. The van der Waals surface area contributed by atoms with Crippen molar-refractivity contribution >= 4 is 0 Å². The lowest BCUT2D eigenvalue weighted by Crippen LogP contribution is -2.47. The minimum absolute atomic E-state index is 0.254. The van der Waals surface area contributed by atoms with Gasteiger partial charge < -0.3 is 0 Å². The van der Waals surface area contributed by atoms with Crippen LogP contribution in [0.5, 0.6) is 0 Å². The van der Waals surface area contributed by atoms with E-state index in [1.54, 1.807) is 0 Å². The van der Waals surface area contributed by atoms with Crippen LogP contribution in [0.1, 0.15) is 33.1 Å². The van der Waals surface area contributed by atoms with Crippen molar-refractivity contribution in [3.8, 4) is 0 Å². The van der Waals surface area contributed by atoms with Gasteiger partial charge in [0.15, 0.2) is 0 Å². The molecule has 0 spiro atoms. The molecule has 3 heteroatoms. The number of piperidine rings is 1. The predicted octanol–water partition coefficient (Wildman–Crippen LogP) is 2.51. The van der Waals surface area contributed by atoms with Crippen LogP contribution in [0.2, 0.25) is 0 Å². The van der Waals surface area contributed by atoms with Crippen molar-refractivity contribution in [3.63, 3.8) is 0 Å². The summed E-state index contributed by atoms with van der Waals surface area (Å²) in [6.07, 6.45) is 0.517. The van der Waals surface area contributed by atoms with E-state index in [1.807, 2.05) is 18.7 Å². The molecule has 1 aliphatic heterocycles. The largest absolute Gasteiger partial charge is 0.293 e. The Morgan fingerprint density at radius 2 is 1.92 bits per heavy atom. The Labute approximate surface area is 72.7 Å². The van der Waals surface area contributed by atoms with E-state index in [-0.39, 0.29) is 6.04 Å². The highest BCUT2D eigenvalue weighted by atomic mass is 19.3. The molecule has 0 saturated carbocycles. The number of hydrogen-bond donors (Lipinski definition) is 0. The monoisotopic (exact) mass is 177 g/mol. The lowest BCUT2D eigenvalue weighted by atomic mass is 10.0. The third kappa shape index (κ3) is 2.16. The van der Waals surface area contributed by atoms with Crippen LogP contribution in [0.25, 0.3) is 0 Å². The van der Waals surface area contributed by atoms with Gasteiger partial charge in [-0.05, 0) is 33.2 Å². The van der Waals surface area contributed by atoms with Crippen molar-refractivity contribution in [3.05, 3.63) is 0 Å². The Hall–Kier alpha value is -0.180. The molecule has 0 aromatic rings. The third-order valence-electron chi connectivity index (χ3n) is 2.55. The van der Waals surface area contributed by atoms with Crippen LogP contribution in [-0.4, -0.2) is 30.0 Å². The van der Waals surface area contributed by atoms with Crippen LogP contribution < -0.4 is 0 Å². The lowest BCUT2D eigenvalue weighted by molar-refractivity contribution is -0.0108. The van der Waals surface area contributed by atoms with Gasteiger partial charge in [0.2, 0.25) is 0 Å². The molecule has 1 saturated heterocycles. The molecule has 0 aromatic heterocycles. The van der Waals surface area contributed by atoms with Gasteiger partial charge >= 0.3 is 0 Å². The van der Waals surface area contributed by atoms with E-state index < -0.39 is 12.5 Å². The van der Waals surface area contributed by atoms with Gasteiger partial charge in [-0.2, -0.15) is 0 Å². The standard InChI is InChI=1S/C9H17F2N/c1-7(2)12-6-4-3-5-8(12)9(10)11/h7-9H,3-6H2,1-2H3. The van der Waals surface area contributed by atoms with Crippen molar-refractivity contribution in [2.24, 2.45) is 0 Å². The molecule has 12 heavy (non-hydrogen) atoms. The number of hydrogen-bond acceptors (Lipinski definition) is 1. The highest BCUT2D eigenvalue weighted by Gasteiger charge is 2.30. The number of halogens is 2. The molecule has 1 aliphatic rings. The summed E-state index contributed by atoms with van der Waals surface area (Å²) in [6, 6.07) is -0.233. The first kappa shape index (κ1) is 9.90. The fourth-order valence-electron chi connectivity index (χ4n) is 1.89. The first-order valence-electron chi connectivity index (χ1n) is 4.67. The zero-order chi connectivity index (χ0) is 9.14. The number of nitrogens with zero attached hydrogens (tertiary/aromatic N) is 1. The van der Waals surface area contributed by atoms with Crippen molar-refractivity contribution in [1.82, 2.24) is 4.90 Å². The Bertz CT molecular complexity index is 120. The average Bonchev–Trinajstić information content (AvgIpc) is 2.04. The van der Waals surface area contributed by atoms with Gasteiger partial charge in [0.1, 0.15) is 0 Å². The van der Waals surface area contributed by atoms with E-state index in [1.165, 1.54) is 0 Å². The first-order chi connectivity index (χ1) is 5.63. The van der Waals surface area contributed by atoms with Gasteiger partial charge in [-0.1, -0.05) is 6.42 Å². The van der Waals surface area contributed by atoms with Gasteiger partial charge in [0.25, 0.3) is 6.43 Å². The van der Waals surface area contributed by atoms with Crippen molar-refractivity contribution in [2.45, 2.75) is 51.6 Å². The molecule has 0 N–H and O–H groups in total. The summed E-state index contributed by atoms with van der Waals surface area (Å²) in [5.74, 6) is 0. The maximum absolute atomic E-state index is 12.5. The Balaban J connectivity index is 2.54. The van der Waals surface area contributed by atoms with Crippen LogP contribution >= 0.6 is 0 Å². The maximum Gasteiger partial charge on any atom is 0.253 e. The predicted molar refractivity (Wildman–Crippen MR) is 45.5 cm³/mol.